The fourth-order valence-corrected chi connectivity index (χ4v) is 2.91. The number of nitrogens with two attached hydrogens (primary N) is 1. The Morgan fingerprint density at radius 3 is 2.48 bits per heavy atom. The van der Waals surface area contributed by atoms with Gasteiger partial charge in [0.2, 0.25) is 5.91 Å². The number of nitrogens with one attached hydrogen (secondary N) is 2. The quantitative estimate of drug-likeness (QED) is 0.381. The molecule has 154 valence electrons. The highest BCUT2D eigenvalue weighted by Crippen LogP contribution is 2.19. The Hall–Kier alpha value is -2.84. The molecule has 0 unspecified atom stereocenters. The molecule has 0 aliphatic heterocycles. The Bertz CT molecular complexity index is 944. The number of aromatic nitrogens is 1. The lowest BCUT2D eigenvalue weighted by Crippen LogP contribution is -2.42. The Labute approximate surface area is 173 Å². The number of carbonyl (C=O) groups is 2. The lowest BCUT2D eigenvalue weighted by molar-refractivity contribution is -0.141. The lowest BCUT2D eigenvalue weighted by Gasteiger charge is -2.13. The summed E-state index contributed by atoms with van der Waals surface area (Å²) in [7, 11) is 0. The molecule has 8 heteroatoms. The van der Waals surface area contributed by atoms with Gasteiger partial charge in [0.25, 0.3) is 0 Å². The largest absolute Gasteiger partial charge is 0.480 e. The number of benzene rings is 2. The van der Waals surface area contributed by atoms with Gasteiger partial charge in [0.1, 0.15) is 11.9 Å². The highest BCUT2D eigenvalue weighted by molar-refractivity contribution is 7.80. The summed E-state index contributed by atoms with van der Waals surface area (Å²) in [5.74, 6) is -1.16. The number of H-pyrrole nitrogens is 1. The molecule has 29 heavy (non-hydrogen) atoms. The molecular weight excluding hydrogens is 393 g/mol. The van der Waals surface area contributed by atoms with Gasteiger partial charge >= 0.3 is 5.97 Å². The molecule has 0 aliphatic carbocycles. The van der Waals surface area contributed by atoms with Crippen LogP contribution in [0.1, 0.15) is 17.5 Å². The molecule has 3 rings (SSSR count). The van der Waals surface area contributed by atoms with Crippen LogP contribution in [0.15, 0.2) is 54.7 Å². The number of hydrogen-bond acceptors (Lipinski definition) is 4. The zero-order valence-corrected chi connectivity index (χ0v) is 16.7. The minimum absolute atomic E-state index is 0.209. The summed E-state index contributed by atoms with van der Waals surface area (Å²) >= 11 is 3.96. The van der Waals surface area contributed by atoms with Crippen LogP contribution in [-0.2, 0) is 22.6 Å². The number of carbonyl (C=O) groups excluding carboxylic acids is 1. The molecule has 0 saturated heterocycles. The number of halogens is 1. The Balaban J connectivity index is 0.000000278. The molecule has 1 heterocycles. The van der Waals surface area contributed by atoms with Crippen LogP contribution in [0.2, 0.25) is 0 Å². The van der Waals surface area contributed by atoms with Crippen molar-refractivity contribution in [3.8, 4) is 0 Å². The molecular formula is C21H24FN3O3S. The Morgan fingerprint density at radius 2 is 1.86 bits per heavy atom. The fourth-order valence-electron chi connectivity index (χ4n) is 2.71. The molecule has 0 radical (unpaired) electrons. The molecule has 6 nitrogen and oxygen atoms in total. The summed E-state index contributed by atoms with van der Waals surface area (Å²) in [6.07, 6.45) is 2.24. The number of carboxylic acids is 1. The standard InChI is InChI=1S/C14H16N2O3S.C7H8FN/c17-13(5-6-20)16-12(14(18)19)7-9-8-15-11-4-2-1-3-10(9)11;8-7-3-1-6(5-9)2-4-7/h1-4,8,12,15,20H,5-7H2,(H,16,17)(H,18,19);1-4H,5,9H2/t12-;/m0./s1. The highest BCUT2D eigenvalue weighted by Gasteiger charge is 2.21. The van der Waals surface area contributed by atoms with E-state index in [1.165, 1.54) is 12.1 Å². The van der Waals surface area contributed by atoms with Crippen LogP contribution >= 0.6 is 12.6 Å². The normalized spacial score (nSPS) is 11.4. The number of para-hydroxylation sites is 1. The first kappa shape index (κ1) is 22.4. The first-order valence-corrected chi connectivity index (χ1v) is 9.70. The van der Waals surface area contributed by atoms with Crippen LogP contribution in [0, 0.1) is 5.82 Å². The molecule has 1 aromatic heterocycles. The monoisotopic (exact) mass is 417 g/mol. The Kier molecular flexibility index (Phi) is 8.69. The Morgan fingerprint density at radius 1 is 1.17 bits per heavy atom. The second-order valence-corrected chi connectivity index (χ2v) is 6.77. The minimum Gasteiger partial charge on any atom is -0.480 e. The average Bonchev–Trinajstić information content (AvgIpc) is 3.12. The van der Waals surface area contributed by atoms with Gasteiger partial charge in [-0.15, -0.1) is 0 Å². The van der Waals surface area contributed by atoms with Crippen molar-refractivity contribution in [3.63, 3.8) is 0 Å². The lowest BCUT2D eigenvalue weighted by atomic mass is 10.0. The number of aromatic amines is 1. The van der Waals surface area contributed by atoms with E-state index >= 15 is 0 Å². The fraction of sp³-hybridized carbons (Fsp3) is 0.238. The van der Waals surface area contributed by atoms with Crippen molar-refractivity contribution in [2.75, 3.05) is 5.75 Å². The predicted octanol–water partition coefficient (Wildman–Crippen LogP) is 2.88. The molecule has 1 atom stereocenters. The van der Waals surface area contributed by atoms with E-state index in [1.807, 2.05) is 24.3 Å². The van der Waals surface area contributed by atoms with E-state index in [0.29, 0.717) is 12.3 Å². The van der Waals surface area contributed by atoms with Crippen molar-refractivity contribution in [2.24, 2.45) is 5.73 Å². The van der Waals surface area contributed by atoms with E-state index < -0.39 is 12.0 Å². The van der Waals surface area contributed by atoms with Crippen LogP contribution in [0.3, 0.4) is 0 Å². The van der Waals surface area contributed by atoms with Gasteiger partial charge in [0, 0.05) is 36.5 Å². The third kappa shape index (κ3) is 6.92. The molecule has 0 bridgehead atoms. The highest BCUT2D eigenvalue weighted by atomic mass is 32.1. The molecule has 0 saturated carbocycles. The van der Waals surface area contributed by atoms with Crippen molar-refractivity contribution >= 4 is 35.4 Å². The molecule has 0 aliphatic rings. The van der Waals surface area contributed by atoms with Crippen molar-refractivity contribution in [2.45, 2.75) is 25.4 Å². The van der Waals surface area contributed by atoms with Crippen LogP contribution in [-0.4, -0.2) is 33.8 Å². The van der Waals surface area contributed by atoms with Crippen molar-refractivity contribution < 1.29 is 19.1 Å². The van der Waals surface area contributed by atoms with E-state index in [2.05, 4.69) is 22.9 Å². The van der Waals surface area contributed by atoms with Crippen molar-refractivity contribution in [3.05, 3.63) is 71.7 Å². The third-order valence-corrected chi connectivity index (χ3v) is 4.44. The predicted molar refractivity (Wildman–Crippen MR) is 114 cm³/mol. The number of rotatable bonds is 7. The van der Waals surface area contributed by atoms with Gasteiger partial charge in [-0.25, -0.2) is 9.18 Å². The maximum atomic E-state index is 12.2. The molecule has 3 aromatic rings. The zero-order chi connectivity index (χ0) is 21.2. The van der Waals surface area contributed by atoms with Crippen LogP contribution < -0.4 is 11.1 Å². The van der Waals surface area contributed by atoms with Crippen molar-refractivity contribution in [1.29, 1.82) is 0 Å². The molecule has 2 aromatic carbocycles. The molecule has 1 amide bonds. The van der Waals surface area contributed by atoms with Gasteiger partial charge in [0.05, 0.1) is 0 Å². The van der Waals surface area contributed by atoms with Crippen LogP contribution in [0.25, 0.3) is 10.9 Å². The topological polar surface area (TPSA) is 108 Å². The summed E-state index contributed by atoms with van der Waals surface area (Å²) in [4.78, 5) is 25.9. The van der Waals surface area contributed by atoms with Gasteiger partial charge in [0.15, 0.2) is 0 Å². The van der Waals surface area contributed by atoms with E-state index in [9.17, 15) is 19.1 Å². The van der Waals surface area contributed by atoms with Gasteiger partial charge in [-0.1, -0.05) is 30.3 Å². The third-order valence-electron chi connectivity index (χ3n) is 4.22. The second kappa shape index (κ2) is 11.2. The second-order valence-electron chi connectivity index (χ2n) is 6.33. The molecule has 0 fully saturated rings. The first-order valence-electron chi connectivity index (χ1n) is 9.07. The maximum Gasteiger partial charge on any atom is 0.326 e. The first-order chi connectivity index (χ1) is 13.9. The van der Waals surface area contributed by atoms with Gasteiger partial charge in [-0.2, -0.15) is 12.6 Å². The maximum absolute atomic E-state index is 12.2. The van der Waals surface area contributed by atoms with Gasteiger partial charge in [-0.05, 0) is 35.1 Å². The summed E-state index contributed by atoms with van der Waals surface area (Å²) in [5.41, 5.74) is 8.06. The SMILES string of the molecule is NCc1ccc(F)cc1.O=C(CCS)N[C@@H](Cc1c[nH]c2ccccc12)C(=O)O. The number of hydrogen-bond donors (Lipinski definition) is 5. The number of amides is 1. The smallest absolute Gasteiger partial charge is 0.326 e. The van der Waals surface area contributed by atoms with E-state index in [-0.39, 0.29) is 24.6 Å². The zero-order valence-electron chi connectivity index (χ0n) is 15.8. The summed E-state index contributed by atoms with van der Waals surface area (Å²) in [5, 5.41) is 12.7. The van der Waals surface area contributed by atoms with E-state index in [0.717, 1.165) is 22.0 Å². The van der Waals surface area contributed by atoms with Crippen LogP contribution in [0.5, 0.6) is 0 Å². The summed E-state index contributed by atoms with van der Waals surface area (Å²) in [6, 6.07) is 12.9. The number of carboxylic acid groups (broad SMARTS) is 1. The van der Waals surface area contributed by atoms with Gasteiger partial charge in [-0.3, -0.25) is 4.79 Å². The number of thiol groups is 1. The van der Waals surface area contributed by atoms with Crippen LogP contribution in [0.4, 0.5) is 4.39 Å². The van der Waals surface area contributed by atoms with Gasteiger partial charge < -0.3 is 21.1 Å². The number of aliphatic carboxylic acids is 1. The molecule has 5 N–H and O–H groups in total. The molecule has 0 spiro atoms. The van der Waals surface area contributed by atoms with Crippen molar-refractivity contribution in [1.82, 2.24) is 10.3 Å². The van der Waals surface area contributed by atoms with E-state index in [4.69, 9.17) is 5.73 Å². The average molecular weight is 418 g/mol. The van der Waals surface area contributed by atoms with E-state index in [1.54, 1.807) is 18.3 Å². The summed E-state index contributed by atoms with van der Waals surface area (Å²) in [6.45, 7) is 0.472. The minimum atomic E-state index is -1.04. The summed E-state index contributed by atoms with van der Waals surface area (Å²) < 4.78 is 12.2. The number of fused-ring (bicyclic) bond motifs is 1.